The van der Waals surface area contributed by atoms with Crippen LogP contribution in [0, 0.1) is 11.3 Å². The topological polar surface area (TPSA) is 87.2 Å². The number of nitrogens with two attached hydrogens (primary N) is 1. The third-order valence-corrected chi connectivity index (χ3v) is 2.38. The summed E-state index contributed by atoms with van der Waals surface area (Å²) < 4.78 is 0. The van der Waals surface area contributed by atoms with Crippen LogP contribution in [0.2, 0.25) is 0 Å². The lowest BCUT2D eigenvalue weighted by Gasteiger charge is -2.33. The molecule has 1 fully saturated rings. The quantitative estimate of drug-likeness (QED) is 0.660. The molecule has 0 aromatic carbocycles. The van der Waals surface area contributed by atoms with Crippen molar-refractivity contribution >= 4 is 11.8 Å². The van der Waals surface area contributed by atoms with Crippen molar-refractivity contribution < 1.29 is 9.59 Å². The van der Waals surface area contributed by atoms with Crippen LogP contribution in [0.1, 0.15) is 25.7 Å². The molecular formula is C9H13N3O2. The van der Waals surface area contributed by atoms with Crippen molar-refractivity contribution in [3.63, 3.8) is 0 Å². The van der Waals surface area contributed by atoms with Crippen molar-refractivity contribution in [1.29, 1.82) is 5.26 Å². The lowest BCUT2D eigenvalue weighted by molar-refractivity contribution is -0.140. The van der Waals surface area contributed by atoms with E-state index in [9.17, 15) is 9.59 Å². The number of amides is 2. The zero-order valence-electron chi connectivity index (χ0n) is 7.90. The minimum Gasteiger partial charge on any atom is -0.368 e. The molecule has 0 aromatic rings. The Hall–Kier alpha value is -1.57. The van der Waals surface area contributed by atoms with Crippen LogP contribution in [-0.2, 0) is 9.59 Å². The molecule has 5 heteroatoms. The molecule has 1 heterocycles. The summed E-state index contributed by atoms with van der Waals surface area (Å²) in [4.78, 5) is 23.9. The van der Waals surface area contributed by atoms with Gasteiger partial charge in [-0.25, -0.2) is 0 Å². The van der Waals surface area contributed by atoms with Crippen molar-refractivity contribution in [3.8, 4) is 6.07 Å². The number of primary amides is 1. The third-order valence-electron chi connectivity index (χ3n) is 2.38. The Kier molecular flexibility index (Phi) is 3.46. The molecule has 0 aromatic heterocycles. The lowest BCUT2D eigenvalue weighted by atomic mass is 10.0. The number of hydrogen-bond donors (Lipinski definition) is 1. The molecule has 0 bridgehead atoms. The Morgan fingerprint density at radius 1 is 1.50 bits per heavy atom. The highest BCUT2D eigenvalue weighted by Crippen LogP contribution is 2.17. The molecule has 1 aliphatic rings. The molecule has 1 aliphatic heterocycles. The second-order valence-electron chi connectivity index (χ2n) is 3.34. The number of likely N-dealkylation sites (tertiary alicyclic amines) is 1. The number of carbonyl (C=O) groups is 2. The third kappa shape index (κ3) is 2.22. The maximum absolute atomic E-state index is 11.4. The largest absolute Gasteiger partial charge is 0.368 e. The lowest BCUT2D eigenvalue weighted by Crippen LogP contribution is -2.50. The van der Waals surface area contributed by atoms with E-state index in [2.05, 4.69) is 0 Å². The molecule has 0 aliphatic carbocycles. The van der Waals surface area contributed by atoms with Gasteiger partial charge in [-0.1, -0.05) is 0 Å². The first-order valence-electron chi connectivity index (χ1n) is 4.62. The predicted octanol–water partition coefficient (Wildman–Crippen LogP) is -0.234. The van der Waals surface area contributed by atoms with Gasteiger partial charge in [0.1, 0.15) is 12.5 Å². The van der Waals surface area contributed by atoms with Gasteiger partial charge in [-0.2, -0.15) is 5.26 Å². The van der Waals surface area contributed by atoms with E-state index in [0.29, 0.717) is 13.0 Å². The summed E-state index contributed by atoms with van der Waals surface area (Å²) in [6.07, 6.45) is 2.22. The smallest absolute Gasteiger partial charge is 0.240 e. The predicted molar refractivity (Wildman–Crippen MR) is 48.8 cm³/mol. The number of hydrogen-bond acceptors (Lipinski definition) is 3. The van der Waals surface area contributed by atoms with E-state index in [1.165, 1.54) is 4.90 Å². The molecule has 1 atom stereocenters. The van der Waals surface area contributed by atoms with E-state index < -0.39 is 11.9 Å². The van der Waals surface area contributed by atoms with Gasteiger partial charge in [0, 0.05) is 6.54 Å². The highest BCUT2D eigenvalue weighted by molar-refractivity contribution is 5.87. The summed E-state index contributed by atoms with van der Waals surface area (Å²) in [5, 5.41) is 8.38. The van der Waals surface area contributed by atoms with E-state index in [0.717, 1.165) is 12.8 Å². The van der Waals surface area contributed by atoms with Gasteiger partial charge in [0.15, 0.2) is 0 Å². The number of piperidine rings is 1. The van der Waals surface area contributed by atoms with E-state index >= 15 is 0 Å². The first kappa shape index (κ1) is 10.5. The molecule has 0 spiro atoms. The summed E-state index contributed by atoms with van der Waals surface area (Å²) in [5.41, 5.74) is 5.18. The van der Waals surface area contributed by atoms with Crippen LogP contribution in [0.5, 0.6) is 0 Å². The standard InChI is InChI=1S/C9H13N3O2/c10-5-4-8(13)12-6-2-1-3-7(12)9(11)14/h7H,1-4,6H2,(H2,11,14). The fourth-order valence-electron chi connectivity index (χ4n) is 1.70. The second kappa shape index (κ2) is 4.61. The van der Waals surface area contributed by atoms with Gasteiger partial charge < -0.3 is 10.6 Å². The van der Waals surface area contributed by atoms with E-state index in [1.54, 1.807) is 6.07 Å². The number of nitriles is 1. The summed E-state index contributed by atoms with van der Waals surface area (Å²) >= 11 is 0. The number of carbonyl (C=O) groups excluding carboxylic acids is 2. The Bertz CT molecular complexity index is 282. The SMILES string of the molecule is N#CCC(=O)N1CCCCC1C(N)=O. The van der Waals surface area contributed by atoms with Crippen molar-refractivity contribution in [3.05, 3.63) is 0 Å². The van der Waals surface area contributed by atoms with Gasteiger partial charge in [0.05, 0.1) is 6.07 Å². The van der Waals surface area contributed by atoms with Crippen LogP contribution in [-0.4, -0.2) is 29.3 Å². The molecule has 2 amide bonds. The van der Waals surface area contributed by atoms with Gasteiger partial charge in [-0.3, -0.25) is 9.59 Å². The normalized spacial score (nSPS) is 21.4. The van der Waals surface area contributed by atoms with Gasteiger partial charge >= 0.3 is 0 Å². The summed E-state index contributed by atoms with van der Waals surface area (Å²) in [5.74, 6) is -0.771. The van der Waals surface area contributed by atoms with Crippen molar-refractivity contribution in [2.75, 3.05) is 6.54 Å². The molecule has 2 N–H and O–H groups in total. The van der Waals surface area contributed by atoms with E-state index in [-0.39, 0.29) is 12.3 Å². The Morgan fingerprint density at radius 2 is 2.21 bits per heavy atom. The molecule has 14 heavy (non-hydrogen) atoms. The minimum atomic E-state index is -0.510. The fourth-order valence-corrected chi connectivity index (χ4v) is 1.70. The molecule has 5 nitrogen and oxygen atoms in total. The fraction of sp³-hybridized carbons (Fsp3) is 0.667. The second-order valence-corrected chi connectivity index (χ2v) is 3.34. The highest BCUT2D eigenvalue weighted by Gasteiger charge is 2.29. The zero-order valence-corrected chi connectivity index (χ0v) is 7.90. The average molecular weight is 195 g/mol. The molecule has 1 unspecified atom stereocenters. The average Bonchev–Trinajstić information content (AvgIpc) is 2.18. The van der Waals surface area contributed by atoms with E-state index in [1.807, 2.05) is 0 Å². The Labute approximate surface area is 82.5 Å². The molecule has 1 rings (SSSR count). The maximum Gasteiger partial charge on any atom is 0.240 e. The monoisotopic (exact) mass is 195 g/mol. The number of nitrogens with zero attached hydrogens (tertiary/aromatic N) is 2. The zero-order chi connectivity index (χ0) is 10.6. The van der Waals surface area contributed by atoms with Crippen molar-refractivity contribution in [2.24, 2.45) is 5.73 Å². The first-order valence-corrected chi connectivity index (χ1v) is 4.62. The van der Waals surface area contributed by atoms with Crippen LogP contribution in [0.4, 0.5) is 0 Å². The van der Waals surface area contributed by atoms with Crippen LogP contribution < -0.4 is 5.73 Å². The Morgan fingerprint density at radius 3 is 2.79 bits per heavy atom. The molecule has 0 radical (unpaired) electrons. The van der Waals surface area contributed by atoms with Gasteiger partial charge in [-0.15, -0.1) is 0 Å². The van der Waals surface area contributed by atoms with Gasteiger partial charge in [-0.05, 0) is 19.3 Å². The van der Waals surface area contributed by atoms with Crippen molar-refractivity contribution in [2.45, 2.75) is 31.7 Å². The summed E-state index contributed by atoms with van der Waals surface area (Å²) in [6.45, 7) is 0.536. The van der Waals surface area contributed by atoms with Gasteiger partial charge in [0.25, 0.3) is 0 Å². The molecular weight excluding hydrogens is 182 g/mol. The summed E-state index contributed by atoms with van der Waals surface area (Å²) in [7, 11) is 0. The maximum atomic E-state index is 11.4. The highest BCUT2D eigenvalue weighted by atomic mass is 16.2. The van der Waals surface area contributed by atoms with Crippen molar-refractivity contribution in [1.82, 2.24) is 4.90 Å². The number of rotatable bonds is 2. The van der Waals surface area contributed by atoms with Crippen LogP contribution in [0.15, 0.2) is 0 Å². The van der Waals surface area contributed by atoms with Gasteiger partial charge in [0.2, 0.25) is 11.8 Å². The molecule has 1 saturated heterocycles. The Balaban J connectivity index is 2.68. The van der Waals surface area contributed by atoms with Crippen LogP contribution in [0.25, 0.3) is 0 Å². The first-order chi connectivity index (χ1) is 6.66. The van der Waals surface area contributed by atoms with Crippen LogP contribution in [0.3, 0.4) is 0 Å². The minimum absolute atomic E-state index is 0.177. The van der Waals surface area contributed by atoms with E-state index in [4.69, 9.17) is 11.0 Å². The van der Waals surface area contributed by atoms with Crippen LogP contribution >= 0.6 is 0 Å². The summed E-state index contributed by atoms with van der Waals surface area (Å²) in [6, 6.07) is 1.27. The molecule has 76 valence electrons. The molecule has 0 saturated carbocycles.